The zero-order chi connectivity index (χ0) is 17.2. The number of nitrogens with zero attached hydrogens (tertiary/aromatic N) is 1. The average Bonchev–Trinajstić information content (AvgIpc) is 2.83. The van der Waals surface area contributed by atoms with Gasteiger partial charge in [-0.3, -0.25) is 0 Å². The molecule has 2 aromatic rings. The monoisotopic (exact) mass is 343 g/mol. The predicted molar refractivity (Wildman–Crippen MR) is 91.9 cm³/mol. The molecular weight excluding hydrogens is 325 g/mol. The summed E-state index contributed by atoms with van der Waals surface area (Å²) >= 11 is 0. The van der Waals surface area contributed by atoms with Crippen LogP contribution in [0, 0.1) is 5.82 Å². The Bertz CT molecular complexity index is 825. The molecule has 0 amide bonds. The van der Waals surface area contributed by atoms with Crippen LogP contribution >= 0.6 is 0 Å². The smallest absolute Gasteiger partial charge is 0.193 e. The van der Waals surface area contributed by atoms with Crippen molar-refractivity contribution < 1.29 is 18.6 Å². The normalized spacial score (nSPS) is 18.9. The van der Waals surface area contributed by atoms with Crippen LogP contribution < -0.4 is 25.3 Å². The van der Waals surface area contributed by atoms with Gasteiger partial charge in [-0.25, -0.2) is 9.38 Å². The van der Waals surface area contributed by atoms with Crippen molar-refractivity contribution in [3.05, 3.63) is 47.8 Å². The van der Waals surface area contributed by atoms with Crippen molar-refractivity contribution in [2.75, 3.05) is 25.1 Å². The first-order chi connectivity index (χ1) is 12.2. The van der Waals surface area contributed by atoms with Crippen molar-refractivity contribution in [3.63, 3.8) is 0 Å². The second-order valence-corrected chi connectivity index (χ2v) is 5.86. The van der Waals surface area contributed by atoms with E-state index in [9.17, 15) is 4.39 Å². The van der Waals surface area contributed by atoms with Gasteiger partial charge in [0.05, 0.1) is 13.2 Å². The molecule has 3 N–H and O–H groups in total. The number of nitrogens with one attached hydrogen (secondary N) is 1. The van der Waals surface area contributed by atoms with Crippen LogP contribution in [0.2, 0.25) is 0 Å². The summed E-state index contributed by atoms with van der Waals surface area (Å²) in [5.74, 6) is 1.93. The van der Waals surface area contributed by atoms with Crippen molar-refractivity contribution in [2.45, 2.75) is 12.5 Å². The van der Waals surface area contributed by atoms with Crippen LogP contribution in [0.4, 0.5) is 10.1 Å². The van der Waals surface area contributed by atoms with E-state index in [4.69, 9.17) is 19.9 Å². The number of hydrogen-bond acceptors (Lipinski definition) is 4. The zero-order valence-corrected chi connectivity index (χ0v) is 13.5. The molecule has 1 atom stereocenters. The van der Waals surface area contributed by atoms with Crippen LogP contribution in [0.15, 0.2) is 41.4 Å². The minimum Gasteiger partial charge on any atom is -0.491 e. The molecule has 6 nitrogen and oxygen atoms in total. The van der Waals surface area contributed by atoms with E-state index in [0.29, 0.717) is 42.6 Å². The fourth-order valence-corrected chi connectivity index (χ4v) is 2.87. The second-order valence-electron chi connectivity index (χ2n) is 5.86. The fourth-order valence-electron chi connectivity index (χ4n) is 2.87. The molecule has 0 fully saturated rings. The van der Waals surface area contributed by atoms with Crippen LogP contribution in [0.5, 0.6) is 17.2 Å². The molecule has 4 rings (SSSR count). The van der Waals surface area contributed by atoms with Gasteiger partial charge in [-0.2, -0.15) is 0 Å². The van der Waals surface area contributed by atoms with E-state index in [2.05, 4.69) is 10.3 Å². The number of aliphatic imine (C=N–C) groups is 1. The molecule has 2 aliphatic heterocycles. The van der Waals surface area contributed by atoms with Crippen LogP contribution in [0.25, 0.3) is 0 Å². The van der Waals surface area contributed by atoms with Crippen LogP contribution in [-0.4, -0.2) is 25.8 Å². The third-order valence-electron chi connectivity index (χ3n) is 4.04. The number of hydrogen-bond donors (Lipinski definition) is 2. The molecule has 0 radical (unpaired) electrons. The summed E-state index contributed by atoms with van der Waals surface area (Å²) < 4.78 is 30.2. The van der Waals surface area contributed by atoms with Crippen LogP contribution in [0.3, 0.4) is 0 Å². The maximum absolute atomic E-state index is 13.4. The lowest BCUT2D eigenvalue weighted by atomic mass is 10.1. The van der Waals surface area contributed by atoms with Gasteiger partial charge in [-0.1, -0.05) is 0 Å². The van der Waals surface area contributed by atoms with Crippen LogP contribution in [-0.2, 0) is 0 Å². The lowest BCUT2D eigenvalue weighted by Crippen LogP contribution is -2.23. The molecular formula is C18H18FN3O3. The first-order valence-electron chi connectivity index (χ1n) is 8.11. The number of guanidine groups is 1. The molecule has 25 heavy (non-hydrogen) atoms. The standard InChI is InChI=1S/C18H18FN3O3/c19-11-2-4-15-13(8-11)14(10-25-15)22-18(20)21-12-3-5-16-17(9-12)24-7-1-6-23-16/h2-5,8-9,14H,1,6-7,10H2,(H3,20,21,22). The SMILES string of the molecule is NC(=NC1COc2ccc(F)cc21)Nc1ccc2c(c1)OCCCO2. The van der Waals surface area contributed by atoms with Crippen molar-refractivity contribution in [3.8, 4) is 17.2 Å². The van der Waals surface area contributed by atoms with Gasteiger partial charge >= 0.3 is 0 Å². The number of nitrogens with two attached hydrogens (primary N) is 1. The molecule has 2 aliphatic rings. The van der Waals surface area contributed by atoms with Gasteiger partial charge in [-0.15, -0.1) is 0 Å². The van der Waals surface area contributed by atoms with Crippen molar-refractivity contribution in [1.29, 1.82) is 0 Å². The van der Waals surface area contributed by atoms with Gasteiger partial charge < -0.3 is 25.3 Å². The molecule has 130 valence electrons. The van der Waals surface area contributed by atoms with Gasteiger partial charge in [0.15, 0.2) is 17.5 Å². The summed E-state index contributed by atoms with van der Waals surface area (Å²) in [5.41, 5.74) is 7.44. The summed E-state index contributed by atoms with van der Waals surface area (Å²) in [6.07, 6.45) is 0.846. The third-order valence-corrected chi connectivity index (χ3v) is 4.04. The molecule has 0 bridgehead atoms. The molecule has 0 saturated carbocycles. The molecule has 0 spiro atoms. The van der Waals surface area contributed by atoms with Gasteiger partial charge in [0.2, 0.25) is 0 Å². The van der Waals surface area contributed by atoms with Crippen molar-refractivity contribution in [2.24, 2.45) is 10.7 Å². The predicted octanol–water partition coefficient (Wildman–Crippen LogP) is 2.85. The topological polar surface area (TPSA) is 78.1 Å². The fraction of sp³-hybridized carbons (Fsp3) is 0.278. The van der Waals surface area contributed by atoms with Gasteiger partial charge in [0.1, 0.15) is 24.2 Å². The lowest BCUT2D eigenvalue weighted by Gasteiger charge is -2.12. The van der Waals surface area contributed by atoms with Crippen LogP contribution in [0.1, 0.15) is 18.0 Å². The lowest BCUT2D eigenvalue weighted by molar-refractivity contribution is 0.297. The van der Waals surface area contributed by atoms with E-state index in [1.54, 1.807) is 6.07 Å². The van der Waals surface area contributed by atoms with E-state index >= 15 is 0 Å². The highest BCUT2D eigenvalue weighted by atomic mass is 19.1. The maximum atomic E-state index is 13.4. The largest absolute Gasteiger partial charge is 0.491 e. The Hall–Kier alpha value is -2.96. The molecule has 2 heterocycles. The molecule has 0 saturated heterocycles. The number of ether oxygens (including phenoxy) is 3. The molecule has 2 aromatic carbocycles. The van der Waals surface area contributed by atoms with Crippen molar-refractivity contribution >= 4 is 11.6 Å². The maximum Gasteiger partial charge on any atom is 0.193 e. The first kappa shape index (κ1) is 15.6. The Labute approximate surface area is 144 Å². The summed E-state index contributed by atoms with van der Waals surface area (Å²) in [5, 5.41) is 3.03. The molecule has 0 aliphatic carbocycles. The van der Waals surface area contributed by atoms with E-state index in [-0.39, 0.29) is 17.8 Å². The minimum absolute atomic E-state index is 0.222. The molecule has 0 aromatic heterocycles. The summed E-state index contributed by atoms with van der Waals surface area (Å²) in [6, 6.07) is 9.56. The van der Waals surface area contributed by atoms with E-state index in [1.807, 2.05) is 18.2 Å². The van der Waals surface area contributed by atoms with Crippen molar-refractivity contribution in [1.82, 2.24) is 0 Å². The molecule has 1 unspecified atom stereocenters. The number of benzene rings is 2. The number of anilines is 1. The Balaban J connectivity index is 1.51. The second kappa shape index (κ2) is 6.51. The Morgan fingerprint density at radius 2 is 1.84 bits per heavy atom. The Morgan fingerprint density at radius 1 is 1.04 bits per heavy atom. The highest BCUT2D eigenvalue weighted by Gasteiger charge is 2.24. The zero-order valence-electron chi connectivity index (χ0n) is 13.5. The molecule has 7 heteroatoms. The number of fused-ring (bicyclic) bond motifs is 2. The van der Waals surface area contributed by atoms with E-state index in [0.717, 1.165) is 12.1 Å². The highest BCUT2D eigenvalue weighted by molar-refractivity contribution is 5.92. The number of rotatable bonds is 2. The average molecular weight is 343 g/mol. The number of halogens is 1. The quantitative estimate of drug-likeness (QED) is 0.648. The Kier molecular flexibility index (Phi) is 4.05. The summed E-state index contributed by atoms with van der Waals surface area (Å²) in [7, 11) is 0. The Morgan fingerprint density at radius 3 is 2.72 bits per heavy atom. The van der Waals surface area contributed by atoms with E-state index < -0.39 is 0 Å². The van der Waals surface area contributed by atoms with Gasteiger partial charge in [0, 0.05) is 23.7 Å². The van der Waals surface area contributed by atoms with Gasteiger partial charge in [0.25, 0.3) is 0 Å². The highest BCUT2D eigenvalue weighted by Crippen LogP contribution is 2.35. The summed E-state index contributed by atoms with van der Waals surface area (Å²) in [4.78, 5) is 4.40. The van der Waals surface area contributed by atoms with E-state index in [1.165, 1.54) is 12.1 Å². The first-order valence-corrected chi connectivity index (χ1v) is 8.11. The van der Waals surface area contributed by atoms with Gasteiger partial charge in [-0.05, 0) is 30.3 Å². The third kappa shape index (κ3) is 3.31. The minimum atomic E-state index is -0.335. The summed E-state index contributed by atoms with van der Waals surface area (Å²) in [6.45, 7) is 1.59.